The highest BCUT2D eigenvalue weighted by Gasteiger charge is 2.60. The molecule has 7 fully saturated rings. The van der Waals surface area contributed by atoms with E-state index >= 15 is 0 Å². The van der Waals surface area contributed by atoms with Crippen LogP contribution in [-0.2, 0) is 71.2 Å². The molecule has 0 aromatic carbocycles. The summed E-state index contributed by atoms with van der Waals surface area (Å²) in [4.78, 5) is 26.1. The second-order valence-electron chi connectivity index (χ2n) is 21.0. The third kappa shape index (κ3) is 14.5. The minimum atomic E-state index is -2.38. The molecule has 7 heterocycles. The van der Waals surface area contributed by atoms with Gasteiger partial charge in [-0.1, -0.05) is 0 Å². The van der Waals surface area contributed by atoms with Crippen LogP contribution in [0.5, 0.6) is 0 Å². The Morgan fingerprint density at radius 1 is 0.313 bits per heavy atom. The van der Waals surface area contributed by atoms with Crippen LogP contribution in [0.3, 0.4) is 0 Å². The lowest BCUT2D eigenvalue weighted by atomic mass is 9.93. The molecule has 0 aliphatic carbocycles. The lowest BCUT2D eigenvalue weighted by molar-refractivity contribution is -0.396. The molecule has 2 amide bonds. The van der Waals surface area contributed by atoms with E-state index in [1.165, 1.54) is 6.92 Å². The van der Waals surface area contributed by atoms with Crippen LogP contribution in [0.1, 0.15) is 20.8 Å². The topological polar surface area (TPSA) is 583 Å². The van der Waals surface area contributed by atoms with E-state index in [4.69, 9.17) is 61.6 Å². The molecule has 7 rings (SSSR count). The van der Waals surface area contributed by atoms with Crippen LogP contribution >= 0.6 is 0 Å². The largest absolute Gasteiger partial charge is 0.394 e. The predicted octanol–water partition coefficient (Wildman–Crippen LogP) is -15.0. The molecule has 0 bridgehead atoms. The third-order valence-corrected chi connectivity index (χ3v) is 15.3. The van der Waals surface area contributed by atoms with Gasteiger partial charge in [-0.3, -0.25) is 9.59 Å². The fourth-order valence-electron chi connectivity index (χ4n) is 10.7. The highest BCUT2D eigenvalue weighted by molar-refractivity contribution is 5.73. The first kappa shape index (κ1) is 68.1. The van der Waals surface area contributed by atoms with E-state index in [2.05, 4.69) is 10.6 Å². The summed E-state index contributed by atoms with van der Waals surface area (Å²) in [7, 11) is 0. The number of carbonyl (C=O) groups excluding carboxylic acids is 2. The number of aliphatic hydroxyl groups is 20. The van der Waals surface area contributed by atoms with Crippen molar-refractivity contribution in [3.05, 3.63) is 0 Å². The Kier molecular flexibility index (Phi) is 24.0. The average Bonchev–Trinajstić information content (AvgIpc) is 3.63. The predicted molar refractivity (Wildman–Crippen MR) is 254 cm³/mol. The van der Waals surface area contributed by atoms with Crippen LogP contribution in [0.4, 0.5) is 0 Å². The monoisotopic (exact) mass is 1220 g/mol. The zero-order valence-electron chi connectivity index (χ0n) is 44.5. The molecular weight excluding hydrogens is 1140 g/mol. The number of carbonyl (C=O) groups is 2. The van der Waals surface area contributed by atoms with Gasteiger partial charge in [0.1, 0.15) is 165 Å². The minimum absolute atomic E-state index is 0.885. The molecule has 37 nitrogen and oxygen atoms in total. The lowest BCUT2D eigenvalue weighted by Crippen LogP contribution is -2.72. The number of ether oxygens (including phenoxy) is 13. The van der Waals surface area contributed by atoms with E-state index in [1.807, 2.05) is 0 Å². The van der Waals surface area contributed by atoms with Crippen molar-refractivity contribution in [2.75, 3.05) is 39.6 Å². The molecule has 1 unspecified atom stereocenters. The van der Waals surface area contributed by atoms with Crippen molar-refractivity contribution in [1.82, 2.24) is 10.6 Å². The van der Waals surface area contributed by atoms with Gasteiger partial charge in [-0.25, -0.2) is 0 Å². The molecule has 0 saturated carbocycles. The molecule has 482 valence electrons. The summed E-state index contributed by atoms with van der Waals surface area (Å²) < 4.78 is 75.9. The van der Waals surface area contributed by atoms with Gasteiger partial charge < -0.3 is 174 Å². The Hall–Kier alpha value is -2.38. The van der Waals surface area contributed by atoms with E-state index in [1.54, 1.807) is 0 Å². The molecule has 0 aromatic heterocycles. The molecule has 0 spiro atoms. The summed E-state index contributed by atoms with van der Waals surface area (Å²) in [5.74, 6) is -1.84. The van der Waals surface area contributed by atoms with E-state index in [0.717, 1.165) is 13.8 Å². The first-order valence-corrected chi connectivity index (χ1v) is 26.5. The van der Waals surface area contributed by atoms with Crippen LogP contribution in [0, 0.1) is 0 Å². The summed E-state index contributed by atoms with van der Waals surface area (Å²) in [6.07, 6.45) is -64.8. The van der Waals surface area contributed by atoms with Gasteiger partial charge in [0.05, 0.1) is 45.7 Å². The van der Waals surface area contributed by atoms with Crippen LogP contribution in [0.25, 0.3) is 0 Å². The van der Waals surface area contributed by atoms with Crippen molar-refractivity contribution >= 4 is 11.8 Å². The minimum Gasteiger partial charge on any atom is -0.394 e. The quantitative estimate of drug-likeness (QED) is 0.0538. The lowest BCUT2D eigenvalue weighted by Gasteiger charge is -2.52. The Bertz CT molecular complexity index is 2040. The Balaban J connectivity index is 1.24. The standard InChI is InChI=1S/C46H78N2O35/c1-10-21(57)26(62)30(66)43(71-10)79-35-18(9-54)77-42(83-38-24(60)15(6-51)75-45(32(38)68)78-34-17(8-53)72-40(70)29(65)28(34)64)20(48-12(3)56)37(35)81-46-33(69)39(25(61)16(7-52)76-46)82-41-19(47-11(2)55)36(23(59)14(5-50)73-41)80-44-31(67)27(63)22(58)13(4-49)74-44/h10,13-46,49-54,57-70H,4-9H2,1-3H3,(H,47,55)(H,48,56)/t10-,13+,14+,15+,16+,17+,18+,19+,20+,21+,22-,23+,24-,25-,26+,27-,28+,29+,30-,31+,32+,33+,34+,35+,36+,37+,38-,39-,40?,41-,42-,43-,44-,45-,46-/m0/s1. The maximum atomic E-state index is 13.3. The average molecular weight is 1220 g/mol. The van der Waals surface area contributed by atoms with Gasteiger partial charge in [0.15, 0.2) is 44.0 Å². The van der Waals surface area contributed by atoms with E-state index in [0.29, 0.717) is 0 Å². The molecule has 22 N–H and O–H groups in total. The number of hydrogen-bond donors (Lipinski definition) is 22. The van der Waals surface area contributed by atoms with Crippen LogP contribution in [0.15, 0.2) is 0 Å². The number of nitrogens with one attached hydrogen (secondary N) is 2. The van der Waals surface area contributed by atoms with Crippen LogP contribution in [-0.4, -0.2) is 368 Å². The molecular formula is C46H78N2O35. The molecule has 37 heteroatoms. The second kappa shape index (κ2) is 29.3. The first-order valence-electron chi connectivity index (χ1n) is 26.5. The maximum absolute atomic E-state index is 13.3. The molecule has 0 aromatic rings. The van der Waals surface area contributed by atoms with Gasteiger partial charge in [-0.05, 0) is 6.92 Å². The van der Waals surface area contributed by atoms with Crippen molar-refractivity contribution in [2.45, 2.75) is 236 Å². The Labute approximate surface area is 470 Å². The van der Waals surface area contributed by atoms with Crippen molar-refractivity contribution in [2.24, 2.45) is 0 Å². The Morgan fingerprint density at radius 3 is 1.10 bits per heavy atom. The zero-order valence-corrected chi connectivity index (χ0v) is 44.5. The Morgan fingerprint density at radius 2 is 0.639 bits per heavy atom. The molecule has 83 heavy (non-hydrogen) atoms. The van der Waals surface area contributed by atoms with E-state index in [9.17, 15) is 112 Å². The van der Waals surface area contributed by atoms with Gasteiger partial charge in [-0.15, -0.1) is 0 Å². The van der Waals surface area contributed by atoms with Gasteiger partial charge >= 0.3 is 0 Å². The van der Waals surface area contributed by atoms with E-state index in [-0.39, 0.29) is 0 Å². The number of aliphatic hydroxyl groups excluding tert-OH is 20. The van der Waals surface area contributed by atoms with E-state index < -0.39 is 266 Å². The molecule has 7 saturated heterocycles. The maximum Gasteiger partial charge on any atom is 0.217 e. The second-order valence-corrected chi connectivity index (χ2v) is 21.0. The van der Waals surface area contributed by atoms with Gasteiger partial charge in [0.2, 0.25) is 11.8 Å². The fraction of sp³-hybridized carbons (Fsp3) is 0.957. The van der Waals surface area contributed by atoms with Crippen LogP contribution in [0.2, 0.25) is 0 Å². The van der Waals surface area contributed by atoms with Crippen LogP contribution < -0.4 is 10.6 Å². The molecule has 7 aliphatic rings. The summed E-state index contributed by atoms with van der Waals surface area (Å²) in [5.41, 5.74) is 0. The third-order valence-electron chi connectivity index (χ3n) is 15.3. The summed E-state index contributed by atoms with van der Waals surface area (Å²) in [6.45, 7) is -3.01. The van der Waals surface area contributed by atoms with Crippen molar-refractivity contribution in [3.63, 3.8) is 0 Å². The summed E-state index contributed by atoms with van der Waals surface area (Å²) >= 11 is 0. The normalized spacial score (nSPS) is 50.8. The van der Waals surface area contributed by atoms with Crippen molar-refractivity contribution in [1.29, 1.82) is 0 Å². The fourth-order valence-corrected chi connectivity index (χ4v) is 10.7. The molecule has 35 atom stereocenters. The smallest absolute Gasteiger partial charge is 0.217 e. The van der Waals surface area contributed by atoms with Gasteiger partial charge in [-0.2, -0.15) is 0 Å². The summed E-state index contributed by atoms with van der Waals surface area (Å²) in [5, 5.41) is 221. The first-order chi connectivity index (χ1) is 39.2. The number of amides is 2. The van der Waals surface area contributed by atoms with Crippen molar-refractivity contribution < 1.29 is 173 Å². The molecule has 7 aliphatic heterocycles. The zero-order chi connectivity index (χ0) is 61.2. The highest BCUT2D eigenvalue weighted by atomic mass is 16.8. The number of rotatable bonds is 20. The SMILES string of the molecule is CC(=O)N[C@H]1[C@H](O[C@H]2[C@@H](O)[C@@H](CO)O[C@@H](O[C@H]3[C@H](O)[C@@H](O)C(O)O[C@@H]3CO)[C@@H]2O)O[C@H](CO)[C@@H](O[C@@H]2O[C@@H](C)[C@@H](O)[C@@H](O)[C@@H]2O)[C@@H]1O[C@@H]1O[C@H](CO)[C@H](O)[C@H](O[C@@H]2O[C@H](CO)[C@@H](O)[C@H](O[C@@H]3O[C@H](CO)[C@H](O)[C@H](O)[C@H]3O)[C@H]2NC(C)=O)[C@H]1O. The molecule has 0 radical (unpaired) electrons. The summed E-state index contributed by atoms with van der Waals surface area (Å²) in [6, 6.07) is -3.77. The highest BCUT2D eigenvalue weighted by Crippen LogP contribution is 2.39. The van der Waals surface area contributed by atoms with Crippen molar-refractivity contribution in [3.8, 4) is 0 Å². The number of hydrogen-bond acceptors (Lipinski definition) is 35. The van der Waals surface area contributed by atoms with Gasteiger partial charge in [0, 0.05) is 13.8 Å². The van der Waals surface area contributed by atoms with Gasteiger partial charge in [0.25, 0.3) is 0 Å².